The van der Waals surface area contributed by atoms with E-state index in [0.717, 1.165) is 44.1 Å². The lowest BCUT2D eigenvalue weighted by Gasteiger charge is -2.35. The number of nitrogens with one attached hydrogen (secondary N) is 1. The first kappa shape index (κ1) is 11.7. The lowest BCUT2D eigenvalue weighted by molar-refractivity contribution is -0.123. The molecule has 5 heteroatoms. The summed E-state index contributed by atoms with van der Waals surface area (Å²) in [5.41, 5.74) is 7.07. The van der Waals surface area contributed by atoms with Crippen molar-refractivity contribution in [1.29, 1.82) is 5.26 Å². The largest absolute Gasteiger partial charge is 0.317 e. The number of rotatable bonds is 2. The summed E-state index contributed by atoms with van der Waals surface area (Å²) in [7, 11) is 0. The van der Waals surface area contributed by atoms with Crippen molar-refractivity contribution in [1.82, 2.24) is 0 Å². The zero-order chi connectivity index (χ0) is 12.8. The second-order valence-electron chi connectivity index (χ2n) is 5.14. The van der Waals surface area contributed by atoms with E-state index in [9.17, 15) is 10.1 Å². The van der Waals surface area contributed by atoms with Crippen molar-refractivity contribution in [3.63, 3.8) is 0 Å². The van der Waals surface area contributed by atoms with Gasteiger partial charge < -0.3 is 11.1 Å². The van der Waals surface area contributed by atoms with Crippen molar-refractivity contribution in [2.24, 2.45) is 5.73 Å². The van der Waals surface area contributed by atoms with Gasteiger partial charge >= 0.3 is 0 Å². The number of anilines is 1. The van der Waals surface area contributed by atoms with E-state index in [1.54, 1.807) is 11.3 Å². The quantitative estimate of drug-likeness (QED) is 0.853. The minimum atomic E-state index is -0.707. The predicted octanol–water partition coefficient (Wildman–Crippen LogP) is 1.93. The molecule has 1 heterocycles. The molecule has 0 radical (unpaired) electrons. The Labute approximate surface area is 110 Å². The molecule has 0 aromatic carbocycles. The van der Waals surface area contributed by atoms with Crippen molar-refractivity contribution in [2.45, 2.75) is 44.1 Å². The van der Waals surface area contributed by atoms with Crippen LogP contribution in [0.1, 0.15) is 41.7 Å². The Morgan fingerprint density at radius 2 is 2.17 bits per heavy atom. The summed E-state index contributed by atoms with van der Waals surface area (Å²) in [5.74, 6) is -0.134. The maximum absolute atomic E-state index is 12.1. The van der Waals surface area contributed by atoms with Gasteiger partial charge in [-0.15, -0.1) is 11.3 Å². The Morgan fingerprint density at radius 1 is 1.39 bits per heavy atom. The molecule has 1 fully saturated rings. The van der Waals surface area contributed by atoms with E-state index in [1.165, 1.54) is 4.88 Å². The minimum absolute atomic E-state index is 0.134. The van der Waals surface area contributed by atoms with Crippen LogP contribution in [-0.2, 0) is 17.6 Å². The number of hydrogen-bond acceptors (Lipinski definition) is 4. The summed E-state index contributed by atoms with van der Waals surface area (Å²) < 4.78 is 0. The van der Waals surface area contributed by atoms with E-state index < -0.39 is 5.54 Å². The molecule has 0 bridgehead atoms. The standard InChI is InChI=1S/C13H15N3OS/c14-7-9-8-3-1-4-10(8)18-11(9)16-12(17)13(15)5-2-6-13/h1-6,15H2,(H,16,17). The maximum Gasteiger partial charge on any atom is 0.245 e. The van der Waals surface area contributed by atoms with Gasteiger partial charge in [-0.3, -0.25) is 4.79 Å². The van der Waals surface area contributed by atoms with Crippen LogP contribution in [0.4, 0.5) is 5.00 Å². The molecule has 0 atom stereocenters. The Kier molecular flexibility index (Phi) is 2.65. The van der Waals surface area contributed by atoms with Gasteiger partial charge in [0.1, 0.15) is 11.1 Å². The zero-order valence-electron chi connectivity index (χ0n) is 10.1. The fraction of sp³-hybridized carbons (Fsp3) is 0.538. The average Bonchev–Trinajstić information content (AvgIpc) is 2.85. The van der Waals surface area contributed by atoms with Crippen molar-refractivity contribution >= 4 is 22.2 Å². The van der Waals surface area contributed by atoms with E-state index in [4.69, 9.17) is 5.73 Å². The minimum Gasteiger partial charge on any atom is -0.317 e. The molecule has 1 aromatic rings. The number of fused-ring (bicyclic) bond motifs is 1. The maximum atomic E-state index is 12.1. The number of thiophene rings is 1. The number of amides is 1. The molecule has 94 valence electrons. The second-order valence-corrected chi connectivity index (χ2v) is 6.24. The van der Waals surface area contributed by atoms with Gasteiger partial charge in [-0.25, -0.2) is 0 Å². The first-order valence-electron chi connectivity index (χ1n) is 6.29. The average molecular weight is 261 g/mol. The summed E-state index contributed by atoms with van der Waals surface area (Å²) in [5, 5.41) is 12.8. The van der Waals surface area contributed by atoms with E-state index in [0.29, 0.717) is 10.6 Å². The fourth-order valence-electron chi connectivity index (χ4n) is 2.62. The molecule has 4 nitrogen and oxygen atoms in total. The number of nitrogens with two attached hydrogens (primary N) is 1. The molecule has 18 heavy (non-hydrogen) atoms. The topological polar surface area (TPSA) is 78.9 Å². The Morgan fingerprint density at radius 3 is 2.78 bits per heavy atom. The third-order valence-electron chi connectivity index (χ3n) is 3.96. The number of nitrogens with zero attached hydrogens (tertiary/aromatic N) is 1. The highest BCUT2D eigenvalue weighted by molar-refractivity contribution is 7.16. The Balaban J connectivity index is 1.85. The van der Waals surface area contributed by atoms with Crippen molar-refractivity contribution in [3.8, 4) is 6.07 Å². The van der Waals surface area contributed by atoms with Gasteiger partial charge in [-0.2, -0.15) is 5.26 Å². The molecule has 3 rings (SSSR count). The van der Waals surface area contributed by atoms with Gasteiger partial charge in [-0.1, -0.05) is 0 Å². The van der Waals surface area contributed by atoms with E-state index in [2.05, 4.69) is 11.4 Å². The predicted molar refractivity (Wildman–Crippen MR) is 70.5 cm³/mol. The lowest BCUT2D eigenvalue weighted by atomic mass is 9.77. The summed E-state index contributed by atoms with van der Waals surface area (Å²) in [4.78, 5) is 13.3. The van der Waals surface area contributed by atoms with Crippen LogP contribution >= 0.6 is 11.3 Å². The van der Waals surface area contributed by atoms with E-state index >= 15 is 0 Å². The fourth-order valence-corrected chi connectivity index (χ4v) is 3.86. The molecule has 0 saturated heterocycles. The number of carbonyl (C=O) groups is 1. The van der Waals surface area contributed by atoms with Gasteiger partial charge in [-0.05, 0) is 44.1 Å². The molecule has 0 spiro atoms. The van der Waals surface area contributed by atoms with Gasteiger partial charge in [0.15, 0.2) is 0 Å². The van der Waals surface area contributed by atoms with Crippen LogP contribution in [-0.4, -0.2) is 11.4 Å². The third-order valence-corrected chi connectivity index (χ3v) is 5.17. The van der Waals surface area contributed by atoms with Crippen LogP contribution in [0.25, 0.3) is 0 Å². The normalized spacial score (nSPS) is 19.8. The summed E-state index contributed by atoms with van der Waals surface area (Å²) in [6, 6.07) is 2.22. The SMILES string of the molecule is N#Cc1c(NC(=O)C2(N)CCC2)sc2c1CCC2. The van der Waals surface area contributed by atoms with Crippen LogP contribution in [0.5, 0.6) is 0 Å². The van der Waals surface area contributed by atoms with Gasteiger partial charge in [0.25, 0.3) is 0 Å². The van der Waals surface area contributed by atoms with Crippen molar-refractivity contribution in [3.05, 3.63) is 16.0 Å². The molecular weight excluding hydrogens is 246 g/mol. The molecule has 1 aromatic heterocycles. The summed E-state index contributed by atoms with van der Waals surface area (Å²) in [6.45, 7) is 0. The highest BCUT2D eigenvalue weighted by Crippen LogP contribution is 2.39. The Bertz CT molecular complexity index is 551. The molecule has 0 aliphatic heterocycles. The monoisotopic (exact) mass is 261 g/mol. The van der Waals surface area contributed by atoms with Gasteiger partial charge in [0, 0.05) is 4.88 Å². The number of hydrogen-bond donors (Lipinski definition) is 2. The molecule has 1 saturated carbocycles. The molecular formula is C13H15N3OS. The second kappa shape index (κ2) is 4.08. The number of aryl methyl sites for hydroxylation is 1. The smallest absolute Gasteiger partial charge is 0.245 e. The van der Waals surface area contributed by atoms with Gasteiger partial charge in [0.2, 0.25) is 5.91 Å². The van der Waals surface area contributed by atoms with Gasteiger partial charge in [0.05, 0.1) is 11.1 Å². The van der Waals surface area contributed by atoms with Crippen LogP contribution in [0, 0.1) is 11.3 Å². The Hall–Kier alpha value is -1.38. The summed E-state index contributed by atoms with van der Waals surface area (Å²) in [6.07, 6.45) is 5.59. The number of nitriles is 1. The van der Waals surface area contributed by atoms with Crippen LogP contribution in [0.2, 0.25) is 0 Å². The third kappa shape index (κ3) is 1.64. The highest BCUT2D eigenvalue weighted by atomic mass is 32.1. The summed E-state index contributed by atoms with van der Waals surface area (Å²) >= 11 is 1.54. The van der Waals surface area contributed by atoms with Crippen molar-refractivity contribution < 1.29 is 4.79 Å². The highest BCUT2D eigenvalue weighted by Gasteiger charge is 2.40. The first-order valence-corrected chi connectivity index (χ1v) is 7.11. The molecule has 1 amide bonds. The lowest BCUT2D eigenvalue weighted by Crippen LogP contribution is -2.56. The van der Waals surface area contributed by atoms with Crippen LogP contribution in [0.3, 0.4) is 0 Å². The number of carbonyl (C=O) groups excluding carboxylic acids is 1. The zero-order valence-corrected chi connectivity index (χ0v) is 10.9. The van der Waals surface area contributed by atoms with E-state index in [1.807, 2.05) is 0 Å². The molecule has 2 aliphatic carbocycles. The molecule has 0 unspecified atom stereocenters. The van der Waals surface area contributed by atoms with E-state index in [-0.39, 0.29) is 5.91 Å². The molecule has 2 aliphatic rings. The van der Waals surface area contributed by atoms with Crippen LogP contribution < -0.4 is 11.1 Å². The molecule has 3 N–H and O–H groups in total. The first-order chi connectivity index (χ1) is 8.64. The van der Waals surface area contributed by atoms with Crippen LogP contribution in [0.15, 0.2) is 0 Å². The van der Waals surface area contributed by atoms with Crippen molar-refractivity contribution in [2.75, 3.05) is 5.32 Å².